The van der Waals surface area contributed by atoms with Crippen molar-refractivity contribution < 1.29 is 14.7 Å². The summed E-state index contributed by atoms with van der Waals surface area (Å²) in [6.07, 6.45) is 7.00. The van der Waals surface area contributed by atoms with E-state index in [9.17, 15) is 9.59 Å². The van der Waals surface area contributed by atoms with Gasteiger partial charge in [-0.05, 0) is 6.08 Å². The Labute approximate surface area is 141 Å². The number of aromatic nitrogens is 4. The maximum Gasteiger partial charge on any atom is 0.353 e. The monoisotopic (exact) mass is 343 g/mol. The molecule has 2 aromatic heterocycles. The van der Waals surface area contributed by atoms with Gasteiger partial charge in [-0.15, -0.1) is 11.8 Å². The summed E-state index contributed by atoms with van der Waals surface area (Å²) in [5.41, 5.74) is 2.12. The Kier molecular flexibility index (Phi) is 3.14. The molecule has 4 heterocycles. The quantitative estimate of drug-likeness (QED) is 0.661. The van der Waals surface area contributed by atoms with Crippen LogP contribution < -0.4 is 0 Å². The standard InChI is InChI=1S/C15H13N5O3S/c1-18-5-10(17-7-18)12-16-4-8(19(12)2)3-9-13(21)20-11(15(22)23)6-24-14(9)20/h3-7,14H,1-2H3,(H,22,23)/b9-3-. The second-order valence-corrected chi connectivity index (χ2v) is 6.52. The Balaban J connectivity index is 1.63. The summed E-state index contributed by atoms with van der Waals surface area (Å²) >= 11 is 1.32. The molecule has 9 heteroatoms. The number of carboxylic acid groups (broad SMARTS) is 1. The summed E-state index contributed by atoms with van der Waals surface area (Å²) in [4.78, 5) is 33.3. The number of aryl methyl sites for hydroxylation is 1. The first-order valence-electron chi connectivity index (χ1n) is 7.11. The van der Waals surface area contributed by atoms with Crippen LogP contribution in [-0.2, 0) is 23.7 Å². The third kappa shape index (κ3) is 2.01. The molecule has 1 fully saturated rings. The molecule has 2 aromatic rings. The minimum atomic E-state index is -1.09. The molecule has 1 atom stereocenters. The molecule has 0 aromatic carbocycles. The second-order valence-electron chi connectivity index (χ2n) is 5.56. The zero-order valence-corrected chi connectivity index (χ0v) is 13.7. The van der Waals surface area contributed by atoms with Crippen LogP contribution in [0.3, 0.4) is 0 Å². The number of fused-ring (bicyclic) bond motifs is 1. The van der Waals surface area contributed by atoms with Crippen molar-refractivity contribution in [1.82, 2.24) is 24.0 Å². The van der Waals surface area contributed by atoms with Gasteiger partial charge in [-0.3, -0.25) is 9.69 Å². The van der Waals surface area contributed by atoms with Crippen LogP contribution >= 0.6 is 11.8 Å². The van der Waals surface area contributed by atoms with Crippen LogP contribution in [0.25, 0.3) is 17.6 Å². The first-order chi connectivity index (χ1) is 11.5. The average Bonchev–Trinajstić information content (AvgIpc) is 3.22. The van der Waals surface area contributed by atoms with Gasteiger partial charge in [0.15, 0.2) is 5.82 Å². The number of hydrogen-bond donors (Lipinski definition) is 1. The van der Waals surface area contributed by atoms with Crippen molar-refractivity contribution in [1.29, 1.82) is 0 Å². The number of aliphatic carboxylic acids is 1. The molecule has 0 spiro atoms. The molecule has 2 aliphatic heterocycles. The smallest absolute Gasteiger partial charge is 0.353 e. The highest BCUT2D eigenvalue weighted by molar-refractivity contribution is 8.03. The van der Waals surface area contributed by atoms with Crippen LogP contribution in [0.4, 0.5) is 0 Å². The van der Waals surface area contributed by atoms with E-state index >= 15 is 0 Å². The molecule has 1 saturated heterocycles. The molecule has 0 radical (unpaired) electrons. The third-order valence-corrected chi connectivity index (χ3v) is 5.10. The van der Waals surface area contributed by atoms with Gasteiger partial charge in [-0.1, -0.05) is 0 Å². The maximum absolute atomic E-state index is 12.2. The van der Waals surface area contributed by atoms with E-state index in [-0.39, 0.29) is 17.0 Å². The molecule has 0 aliphatic carbocycles. The van der Waals surface area contributed by atoms with Crippen LogP contribution in [0.5, 0.6) is 0 Å². The van der Waals surface area contributed by atoms with Crippen molar-refractivity contribution in [2.24, 2.45) is 14.1 Å². The van der Waals surface area contributed by atoms with E-state index < -0.39 is 5.97 Å². The summed E-state index contributed by atoms with van der Waals surface area (Å²) in [5, 5.41) is 10.3. The highest BCUT2D eigenvalue weighted by Gasteiger charge is 2.49. The van der Waals surface area contributed by atoms with E-state index in [4.69, 9.17) is 5.11 Å². The molecule has 2 aliphatic rings. The van der Waals surface area contributed by atoms with Crippen LogP contribution in [0.15, 0.2) is 35.4 Å². The van der Waals surface area contributed by atoms with Crippen molar-refractivity contribution in [3.63, 3.8) is 0 Å². The number of β-lactam (4-membered cyclic amide) rings is 1. The van der Waals surface area contributed by atoms with E-state index in [0.29, 0.717) is 11.4 Å². The van der Waals surface area contributed by atoms with E-state index in [1.165, 1.54) is 22.1 Å². The van der Waals surface area contributed by atoms with Crippen molar-refractivity contribution in [3.8, 4) is 11.5 Å². The number of carbonyl (C=O) groups is 2. The molecular formula is C15H13N5O3S. The highest BCUT2D eigenvalue weighted by atomic mass is 32.2. The predicted molar refractivity (Wildman–Crippen MR) is 87.3 cm³/mol. The summed E-state index contributed by atoms with van der Waals surface area (Å²) in [6.45, 7) is 0. The van der Waals surface area contributed by atoms with Crippen molar-refractivity contribution in [2.45, 2.75) is 5.37 Å². The van der Waals surface area contributed by atoms with E-state index in [1.54, 1.807) is 18.6 Å². The van der Waals surface area contributed by atoms with Crippen LogP contribution in [0.2, 0.25) is 0 Å². The lowest BCUT2D eigenvalue weighted by molar-refractivity contribution is -0.141. The topological polar surface area (TPSA) is 93.2 Å². The van der Waals surface area contributed by atoms with Gasteiger partial charge < -0.3 is 14.2 Å². The fourth-order valence-corrected chi connectivity index (χ4v) is 3.87. The first kappa shape index (κ1) is 14.8. The Morgan fingerprint density at radius 3 is 2.83 bits per heavy atom. The minimum absolute atomic E-state index is 0.0336. The number of carbonyl (C=O) groups excluding carboxylic acids is 1. The molecular weight excluding hydrogens is 330 g/mol. The van der Waals surface area contributed by atoms with Crippen molar-refractivity contribution in [3.05, 3.63) is 41.1 Å². The average molecular weight is 343 g/mol. The van der Waals surface area contributed by atoms with Crippen molar-refractivity contribution >= 4 is 29.7 Å². The third-order valence-electron chi connectivity index (χ3n) is 4.02. The van der Waals surface area contributed by atoms with Gasteiger partial charge in [-0.2, -0.15) is 0 Å². The van der Waals surface area contributed by atoms with Crippen molar-refractivity contribution in [2.75, 3.05) is 0 Å². The molecule has 4 rings (SSSR count). The number of carboxylic acids is 1. The lowest BCUT2D eigenvalue weighted by Crippen LogP contribution is -2.51. The van der Waals surface area contributed by atoms with Gasteiger partial charge in [0.1, 0.15) is 16.8 Å². The number of rotatable bonds is 3. The zero-order valence-electron chi connectivity index (χ0n) is 12.9. The van der Waals surface area contributed by atoms with E-state index in [0.717, 1.165) is 11.4 Å². The second kappa shape index (κ2) is 5.10. The number of imidazole rings is 2. The largest absolute Gasteiger partial charge is 0.477 e. The Morgan fingerprint density at radius 2 is 2.17 bits per heavy atom. The fourth-order valence-electron chi connectivity index (χ4n) is 2.75. The SMILES string of the molecule is Cn1cnc(-c2ncc(/C=C3/C(=O)N4C(C(=O)O)=CSC34)n2C)c1. The number of thioether (sulfide) groups is 1. The van der Waals surface area contributed by atoms with Gasteiger partial charge in [-0.25, -0.2) is 14.8 Å². The number of hydrogen-bond acceptors (Lipinski definition) is 5. The summed E-state index contributed by atoms with van der Waals surface area (Å²) in [6, 6.07) is 0. The molecule has 1 unspecified atom stereocenters. The van der Waals surface area contributed by atoms with E-state index in [2.05, 4.69) is 9.97 Å². The molecule has 122 valence electrons. The molecule has 8 nitrogen and oxygen atoms in total. The molecule has 0 bridgehead atoms. The lowest BCUT2D eigenvalue weighted by Gasteiger charge is -2.37. The van der Waals surface area contributed by atoms with Gasteiger partial charge in [0, 0.05) is 25.7 Å². The predicted octanol–water partition coefficient (Wildman–Crippen LogP) is 1.05. The Hall–Kier alpha value is -2.81. The summed E-state index contributed by atoms with van der Waals surface area (Å²) in [7, 11) is 3.74. The summed E-state index contributed by atoms with van der Waals surface area (Å²) < 4.78 is 3.69. The number of amides is 1. The van der Waals surface area contributed by atoms with Crippen LogP contribution in [0, 0.1) is 0 Å². The lowest BCUT2D eigenvalue weighted by atomic mass is 10.0. The molecule has 1 amide bonds. The minimum Gasteiger partial charge on any atom is -0.477 e. The normalized spacial score (nSPS) is 21.0. The number of nitrogens with zero attached hydrogens (tertiary/aromatic N) is 5. The van der Waals surface area contributed by atoms with Crippen LogP contribution in [-0.4, -0.2) is 46.4 Å². The Morgan fingerprint density at radius 1 is 1.38 bits per heavy atom. The highest BCUT2D eigenvalue weighted by Crippen LogP contribution is 2.45. The first-order valence-corrected chi connectivity index (χ1v) is 8.06. The maximum atomic E-state index is 12.2. The summed E-state index contributed by atoms with van der Waals surface area (Å²) in [5.74, 6) is -0.663. The Bertz CT molecular complexity index is 939. The molecule has 0 saturated carbocycles. The van der Waals surface area contributed by atoms with Gasteiger partial charge >= 0.3 is 5.97 Å². The zero-order chi connectivity index (χ0) is 17.0. The van der Waals surface area contributed by atoms with E-state index in [1.807, 2.05) is 29.4 Å². The van der Waals surface area contributed by atoms with Gasteiger partial charge in [0.05, 0.1) is 23.8 Å². The van der Waals surface area contributed by atoms with Gasteiger partial charge in [0.25, 0.3) is 5.91 Å². The fraction of sp³-hybridized carbons (Fsp3) is 0.200. The van der Waals surface area contributed by atoms with Gasteiger partial charge in [0.2, 0.25) is 0 Å². The molecule has 24 heavy (non-hydrogen) atoms. The molecule has 1 N–H and O–H groups in total. The van der Waals surface area contributed by atoms with Crippen LogP contribution in [0.1, 0.15) is 5.69 Å².